The van der Waals surface area contributed by atoms with E-state index in [0.29, 0.717) is 6.54 Å². The molecule has 0 aliphatic carbocycles. The molecule has 0 aliphatic rings. The fraction of sp³-hybridized carbons (Fsp3) is 0.190. The quantitative estimate of drug-likeness (QED) is 0.530. The number of pyridine rings is 2. The second-order valence-electron chi connectivity index (χ2n) is 5.70. The van der Waals surface area contributed by atoms with Crippen molar-refractivity contribution in [1.82, 2.24) is 9.97 Å². The lowest BCUT2D eigenvalue weighted by molar-refractivity contribution is 0.756. The van der Waals surface area contributed by atoms with Gasteiger partial charge < -0.3 is 5.73 Å². The van der Waals surface area contributed by atoms with E-state index in [0.717, 1.165) is 47.6 Å². The molecule has 25 heavy (non-hydrogen) atoms. The molecule has 0 bridgehead atoms. The SMILES string of the molecule is NCCCCN=C(c1ccccn1)c1ccccc1-c1ccccn1. The number of unbranched alkanes of at least 4 members (excludes halogenated alkanes) is 1. The average Bonchev–Trinajstić information content (AvgIpc) is 2.69. The molecular formula is C21H22N4. The molecule has 4 nitrogen and oxygen atoms in total. The van der Waals surface area contributed by atoms with Gasteiger partial charge in [0.1, 0.15) is 0 Å². The lowest BCUT2D eigenvalue weighted by Crippen LogP contribution is -2.09. The number of nitrogens with two attached hydrogens (primary N) is 1. The van der Waals surface area contributed by atoms with Gasteiger partial charge in [-0.1, -0.05) is 36.4 Å². The van der Waals surface area contributed by atoms with Gasteiger partial charge in [0.05, 0.1) is 17.1 Å². The van der Waals surface area contributed by atoms with E-state index in [1.807, 2.05) is 54.7 Å². The molecule has 1 aromatic carbocycles. The van der Waals surface area contributed by atoms with Crippen molar-refractivity contribution >= 4 is 5.71 Å². The van der Waals surface area contributed by atoms with Gasteiger partial charge in [-0.05, 0) is 43.7 Å². The van der Waals surface area contributed by atoms with E-state index in [-0.39, 0.29) is 0 Å². The van der Waals surface area contributed by atoms with Crippen molar-refractivity contribution in [2.75, 3.05) is 13.1 Å². The van der Waals surface area contributed by atoms with Gasteiger partial charge in [0.15, 0.2) is 0 Å². The Labute approximate surface area is 148 Å². The van der Waals surface area contributed by atoms with Crippen LogP contribution in [0.2, 0.25) is 0 Å². The van der Waals surface area contributed by atoms with Gasteiger partial charge in [-0.2, -0.15) is 0 Å². The molecule has 0 saturated heterocycles. The first-order chi connectivity index (χ1) is 12.4. The van der Waals surface area contributed by atoms with Crippen LogP contribution in [0.25, 0.3) is 11.3 Å². The van der Waals surface area contributed by atoms with Crippen LogP contribution in [0.5, 0.6) is 0 Å². The zero-order valence-corrected chi connectivity index (χ0v) is 14.2. The van der Waals surface area contributed by atoms with Crippen LogP contribution in [-0.4, -0.2) is 28.8 Å². The van der Waals surface area contributed by atoms with Gasteiger partial charge in [0.2, 0.25) is 0 Å². The van der Waals surface area contributed by atoms with Crippen LogP contribution >= 0.6 is 0 Å². The van der Waals surface area contributed by atoms with Crippen LogP contribution in [0, 0.1) is 0 Å². The van der Waals surface area contributed by atoms with Gasteiger partial charge in [-0.15, -0.1) is 0 Å². The van der Waals surface area contributed by atoms with Crippen LogP contribution in [0.1, 0.15) is 24.1 Å². The molecule has 3 rings (SSSR count). The van der Waals surface area contributed by atoms with E-state index >= 15 is 0 Å². The van der Waals surface area contributed by atoms with Crippen molar-refractivity contribution in [1.29, 1.82) is 0 Å². The number of aromatic nitrogens is 2. The molecular weight excluding hydrogens is 308 g/mol. The van der Waals surface area contributed by atoms with E-state index in [4.69, 9.17) is 10.7 Å². The highest BCUT2D eigenvalue weighted by atomic mass is 14.8. The summed E-state index contributed by atoms with van der Waals surface area (Å²) in [6, 6.07) is 20.1. The van der Waals surface area contributed by atoms with Crippen molar-refractivity contribution in [2.24, 2.45) is 10.7 Å². The molecule has 0 aliphatic heterocycles. The number of nitrogens with zero attached hydrogens (tertiary/aromatic N) is 3. The zero-order valence-electron chi connectivity index (χ0n) is 14.2. The van der Waals surface area contributed by atoms with E-state index < -0.39 is 0 Å². The molecule has 0 atom stereocenters. The molecule has 4 heteroatoms. The molecule has 126 valence electrons. The highest BCUT2D eigenvalue weighted by Gasteiger charge is 2.14. The second kappa shape index (κ2) is 8.85. The van der Waals surface area contributed by atoms with Crippen LogP contribution < -0.4 is 5.73 Å². The minimum atomic E-state index is 0.693. The highest BCUT2D eigenvalue weighted by Crippen LogP contribution is 2.24. The molecule has 0 saturated carbocycles. The normalized spacial score (nSPS) is 11.5. The first-order valence-corrected chi connectivity index (χ1v) is 8.57. The Morgan fingerprint density at radius 2 is 1.60 bits per heavy atom. The van der Waals surface area contributed by atoms with Crippen molar-refractivity contribution in [3.05, 3.63) is 84.3 Å². The van der Waals surface area contributed by atoms with Crippen molar-refractivity contribution in [2.45, 2.75) is 12.8 Å². The summed E-state index contributed by atoms with van der Waals surface area (Å²) in [7, 11) is 0. The maximum Gasteiger partial charge on any atom is 0.0909 e. The highest BCUT2D eigenvalue weighted by molar-refractivity contribution is 6.15. The Balaban J connectivity index is 2.05. The summed E-state index contributed by atoms with van der Waals surface area (Å²) in [5.74, 6) is 0. The van der Waals surface area contributed by atoms with Gasteiger partial charge in [-0.3, -0.25) is 15.0 Å². The summed E-state index contributed by atoms with van der Waals surface area (Å²) in [6.45, 7) is 1.43. The molecule has 0 radical (unpaired) electrons. The lowest BCUT2D eigenvalue weighted by Gasteiger charge is -2.12. The fourth-order valence-electron chi connectivity index (χ4n) is 2.69. The molecule has 0 amide bonds. The minimum Gasteiger partial charge on any atom is -0.330 e. The summed E-state index contributed by atoms with van der Waals surface area (Å²) in [6.07, 6.45) is 5.55. The van der Waals surface area contributed by atoms with E-state index in [1.54, 1.807) is 6.20 Å². The topological polar surface area (TPSA) is 64.2 Å². The first-order valence-electron chi connectivity index (χ1n) is 8.57. The van der Waals surface area contributed by atoms with Gasteiger partial charge in [0, 0.05) is 30.1 Å². The smallest absolute Gasteiger partial charge is 0.0909 e. The van der Waals surface area contributed by atoms with Gasteiger partial charge in [0.25, 0.3) is 0 Å². The molecule has 2 aromatic heterocycles. The summed E-state index contributed by atoms with van der Waals surface area (Å²) in [5.41, 5.74) is 10.4. The third-order valence-electron chi connectivity index (χ3n) is 3.91. The van der Waals surface area contributed by atoms with Gasteiger partial charge >= 0.3 is 0 Å². The fourth-order valence-corrected chi connectivity index (χ4v) is 2.69. The Hall–Kier alpha value is -2.85. The Morgan fingerprint density at radius 3 is 2.32 bits per heavy atom. The second-order valence-corrected chi connectivity index (χ2v) is 5.70. The standard InChI is InChI=1S/C21H22N4/c22-13-5-8-16-25-21(20-12-4-7-15-24-20)18-10-2-1-9-17(18)19-11-3-6-14-23-19/h1-4,6-7,9-12,14-15H,5,8,13,16,22H2. The molecule has 0 fully saturated rings. The first kappa shape index (κ1) is 17.0. The zero-order chi connectivity index (χ0) is 17.3. The van der Waals surface area contributed by atoms with E-state index in [2.05, 4.69) is 22.1 Å². The number of hydrogen-bond acceptors (Lipinski definition) is 4. The number of hydrogen-bond donors (Lipinski definition) is 1. The van der Waals surface area contributed by atoms with Crippen molar-refractivity contribution in [3.63, 3.8) is 0 Å². The largest absolute Gasteiger partial charge is 0.330 e. The number of rotatable bonds is 7. The maximum absolute atomic E-state index is 5.60. The molecule has 3 aromatic rings. The summed E-state index contributed by atoms with van der Waals surface area (Å²) in [4.78, 5) is 13.9. The third kappa shape index (κ3) is 4.37. The molecule has 2 heterocycles. The summed E-state index contributed by atoms with van der Waals surface area (Å²) >= 11 is 0. The lowest BCUT2D eigenvalue weighted by atomic mass is 9.97. The summed E-state index contributed by atoms with van der Waals surface area (Å²) in [5, 5.41) is 0. The Morgan fingerprint density at radius 1 is 0.840 bits per heavy atom. The minimum absolute atomic E-state index is 0.693. The Kier molecular flexibility index (Phi) is 6.01. The predicted octanol–water partition coefficient (Wildman–Crippen LogP) is 3.72. The van der Waals surface area contributed by atoms with Crippen LogP contribution in [0.3, 0.4) is 0 Å². The van der Waals surface area contributed by atoms with Crippen molar-refractivity contribution in [3.8, 4) is 11.3 Å². The van der Waals surface area contributed by atoms with Gasteiger partial charge in [-0.25, -0.2) is 0 Å². The molecule has 0 spiro atoms. The number of aliphatic imine (C=N–C) groups is 1. The molecule has 0 unspecified atom stereocenters. The average molecular weight is 330 g/mol. The van der Waals surface area contributed by atoms with Crippen LogP contribution in [0.15, 0.2) is 78.0 Å². The van der Waals surface area contributed by atoms with Crippen LogP contribution in [0.4, 0.5) is 0 Å². The Bertz CT molecular complexity index is 814. The van der Waals surface area contributed by atoms with Crippen molar-refractivity contribution < 1.29 is 0 Å². The number of benzene rings is 1. The third-order valence-corrected chi connectivity index (χ3v) is 3.91. The monoisotopic (exact) mass is 330 g/mol. The van der Waals surface area contributed by atoms with E-state index in [9.17, 15) is 0 Å². The summed E-state index contributed by atoms with van der Waals surface area (Å²) < 4.78 is 0. The van der Waals surface area contributed by atoms with E-state index in [1.165, 1.54) is 0 Å². The predicted molar refractivity (Wildman–Crippen MR) is 103 cm³/mol. The maximum atomic E-state index is 5.60. The molecule has 2 N–H and O–H groups in total. The van der Waals surface area contributed by atoms with Crippen LogP contribution in [-0.2, 0) is 0 Å².